The molecule has 0 amide bonds. The van der Waals surface area contributed by atoms with Crippen molar-refractivity contribution in [2.75, 3.05) is 19.6 Å². The smallest absolute Gasteiger partial charge is 0.208 e. The molecule has 2 N–H and O–H groups in total. The van der Waals surface area contributed by atoms with Crippen LogP contribution in [0.4, 0.5) is 0 Å². The topological polar surface area (TPSA) is 55.3 Å². The molecule has 0 spiro atoms. The first-order valence-corrected chi connectivity index (χ1v) is 6.86. The summed E-state index contributed by atoms with van der Waals surface area (Å²) in [4.78, 5) is 6.79. The van der Waals surface area contributed by atoms with Gasteiger partial charge in [-0.3, -0.25) is 4.90 Å². The van der Waals surface area contributed by atoms with Gasteiger partial charge in [0.1, 0.15) is 5.76 Å². The van der Waals surface area contributed by atoms with Crippen LogP contribution in [0.3, 0.4) is 0 Å². The molecule has 1 aliphatic rings. The van der Waals surface area contributed by atoms with Crippen molar-refractivity contribution < 1.29 is 4.42 Å². The summed E-state index contributed by atoms with van der Waals surface area (Å²) in [7, 11) is 0. The molecule has 2 heterocycles. The Morgan fingerprint density at radius 3 is 2.56 bits per heavy atom. The molecule has 4 heteroatoms. The quantitative estimate of drug-likeness (QED) is 0.894. The van der Waals surface area contributed by atoms with E-state index in [4.69, 9.17) is 10.2 Å². The van der Waals surface area contributed by atoms with Gasteiger partial charge in [0.05, 0.1) is 12.7 Å². The standard InChI is InChI=1S/C14H25N3O/c1-14(2,3)12-9-16-13(18-12)10-17-6-4-11(8-15)5-7-17/h9,11H,4-8,10,15H2,1-3H3. The molecule has 18 heavy (non-hydrogen) atoms. The molecule has 1 aromatic heterocycles. The summed E-state index contributed by atoms with van der Waals surface area (Å²) in [5, 5.41) is 0. The van der Waals surface area contributed by atoms with E-state index in [2.05, 4.69) is 30.7 Å². The molecular formula is C14H25N3O. The molecule has 0 saturated carbocycles. The van der Waals surface area contributed by atoms with Crippen LogP contribution < -0.4 is 5.73 Å². The number of nitrogens with zero attached hydrogens (tertiary/aromatic N) is 2. The van der Waals surface area contributed by atoms with Crippen molar-refractivity contribution in [1.29, 1.82) is 0 Å². The Kier molecular flexibility index (Phi) is 4.07. The summed E-state index contributed by atoms with van der Waals surface area (Å²) in [6.07, 6.45) is 4.26. The van der Waals surface area contributed by atoms with E-state index >= 15 is 0 Å². The Morgan fingerprint density at radius 1 is 1.39 bits per heavy atom. The van der Waals surface area contributed by atoms with Crippen LogP contribution >= 0.6 is 0 Å². The number of piperidine rings is 1. The number of hydrogen-bond acceptors (Lipinski definition) is 4. The van der Waals surface area contributed by atoms with E-state index in [1.165, 1.54) is 12.8 Å². The van der Waals surface area contributed by atoms with Crippen molar-refractivity contribution in [1.82, 2.24) is 9.88 Å². The SMILES string of the molecule is CC(C)(C)c1cnc(CN2CCC(CN)CC2)o1. The maximum absolute atomic E-state index is 5.83. The highest BCUT2D eigenvalue weighted by molar-refractivity contribution is 5.06. The molecule has 0 unspecified atom stereocenters. The molecular weight excluding hydrogens is 226 g/mol. The zero-order chi connectivity index (χ0) is 13.2. The Balaban J connectivity index is 1.89. The van der Waals surface area contributed by atoms with Crippen molar-refractivity contribution in [3.63, 3.8) is 0 Å². The van der Waals surface area contributed by atoms with Crippen molar-refractivity contribution >= 4 is 0 Å². The van der Waals surface area contributed by atoms with Crippen LogP contribution in [-0.2, 0) is 12.0 Å². The summed E-state index contributed by atoms with van der Waals surface area (Å²) < 4.78 is 5.83. The van der Waals surface area contributed by atoms with Gasteiger partial charge in [-0.15, -0.1) is 0 Å². The molecule has 0 atom stereocenters. The Hall–Kier alpha value is -0.870. The molecule has 0 aliphatic carbocycles. The first-order chi connectivity index (χ1) is 8.49. The summed E-state index contributed by atoms with van der Waals surface area (Å²) in [6.45, 7) is 10.3. The van der Waals surface area contributed by atoms with Gasteiger partial charge in [0, 0.05) is 5.41 Å². The highest BCUT2D eigenvalue weighted by atomic mass is 16.4. The molecule has 0 bridgehead atoms. The van der Waals surface area contributed by atoms with Crippen molar-refractivity contribution in [2.45, 2.75) is 45.6 Å². The predicted octanol–water partition coefficient (Wildman–Crippen LogP) is 2.14. The van der Waals surface area contributed by atoms with Gasteiger partial charge in [-0.25, -0.2) is 4.98 Å². The lowest BCUT2D eigenvalue weighted by Gasteiger charge is -2.30. The summed E-state index contributed by atoms with van der Waals surface area (Å²) >= 11 is 0. The van der Waals surface area contributed by atoms with Crippen molar-refractivity contribution in [3.8, 4) is 0 Å². The first kappa shape index (κ1) is 13.6. The van der Waals surface area contributed by atoms with Crippen LogP contribution in [0.15, 0.2) is 10.6 Å². The Bertz CT molecular complexity index is 373. The average molecular weight is 251 g/mol. The summed E-state index contributed by atoms with van der Waals surface area (Å²) in [6, 6.07) is 0. The number of aromatic nitrogens is 1. The van der Waals surface area contributed by atoms with Crippen molar-refractivity contribution in [2.24, 2.45) is 11.7 Å². The minimum atomic E-state index is 0.0395. The molecule has 1 aliphatic heterocycles. The lowest BCUT2D eigenvalue weighted by Crippen LogP contribution is -2.35. The number of oxazole rings is 1. The van der Waals surface area contributed by atoms with E-state index in [9.17, 15) is 0 Å². The highest BCUT2D eigenvalue weighted by Crippen LogP contribution is 2.24. The first-order valence-electron chi connectivity index (χ1n) is 6.86. The molecule has 102 valence electrons. The van der Waals surface area contributed by atoms with Gasteiger partial charge in [0.25, 0.3) is 0 Å². The summed E-state index contributed by atoms with van der Waals surface area (Å²) in [5.41, 5.74) is 5.74. The zero-order valence-electron chi connectivity index (χ0n) is 11.8. The van der Waals surface area contributed by atoms with Crippen molar-refractivity contribution in [3.05, 3.63) is 17.8 Å². The van der Waals surface area contributed by atoms with E-state index < -0.39 is 0 Å². The molecule has 0 radical (unpaired) electrons. The molecule has 1 saturated heterocycles. The van der Waals surface area contributed by atoms with E-state index in [0.717, 1.165) is 37.8 Å². The molecule has 0 aromatic carbocycles. The summed E-state index contributed by atoms with van der Waals surface area (Å²) in [5.74, 6) is 2.51. The lowest BCUT2D eigenvalue weighted by molar-refractivity contribution is 0.164. The highest BCUT2D eigenvalue weighted by Gasteiger charge is 2.22. The van der Waals surface area contributed by atoms with E-state index in [1.807, 2.05) is 6.20 Å². The number of rotatable bonds is 3. The van der Waals surface area contributed by atoms with Gasteiger partial charge in [-0.2, -0.15) is 0 Å². The van der Waals surface area contributed by atoms with Crippen LogP contribution in [-0.4, -0.2) is 29.5 Å². The second-order valence-corrected chi connectivity index (χ2v) is 6.32. The van der Waals surface area contributed by atoms with Crippen LogP contribution in [0, 0.1) is 5.92 Å². The molecule has 2 rings (SSSR count). The van der Waals surface area contributed by atoms with Gasteiger partial charge < -0.3 is 10.2 Å². The third-order valence-corrected chi connectivity index (χ3v) is 3.69. The van der Waals surface area contributed by atoms with E-state index in [-0.39, 0.29) is 5.41 Å². The fraction of sp³-hybridized carbons (Fsp3) is 0.786. The lowest BCUT2D eigenvalue weighted by atomic mass is 9.94. The van der Waals surface area contributed by atoms with Gasteiger partial charge >= 0.3 is 0 Å². The second-order valence-electron chi connectivity index (χ2n) is 6.32. The maximum atomic E-state index is 5.83. The maximum Gasteiger partial charge on any atom is 0.208 e. The monoisotopic (exact) mass is 251 g/mol. The molecule has 1 fully saturated rings. The largest absolute Gasteiger partial charge is 0.444 e. The zero-order valence-corrected chi connectivity index (χ0v) is 11.8. The van der Waals surface area contributed by atoms with Gasteiger partial charge in [0.2, 0.25) is 5.89 Å². The number of likely N-dealkylation sites (tertiary alicyclic amines) is 1. The Labute approximate surface area is 110 Å². The van der Waals surface area contributed by atoms with Crippen LogP contribution in [0.5, 0.6) is 0 Å². The van der Waals surface area contributed by atoms with Crippen LogP contribution in [0.1, 0.15) is 45.3 Å². The molecule has 4 nitrogen and oxygen atoms in total. The third kappa shape index (κ3) is 3.33. The van der Waals surface area contributed by atoms with E-state index in [1.54, 1.807) is 0 Å². The van der Waals surface area contributed by atoms with E-state index in [0.29, 0.717) is 5.92 Å². The number of hydrogen-bond donors (Lipinski definition) is 1. The van der Waals surface area contributed by atoms with Crippen LogP contribution in [0.2, 0.25) is 0 Å². The fourth-order valence-electron chi connectivity index (χ4n) is 2.30. The minimum Gasteiger partial charge on any atom is -0.444 e. The van der Waals surface area contributed by atoms with Gasteiger partial charge in [-0.05, 0) is 38.4 Å². The average Bonchev–Trinajstić information content (AvgIpc) is 2.78. The fourth-order valence-corrected chi connectivity index (χ4v) is 2.30. The van der Waals surface area contributed by atoms with Gasteiger partial charge in [0.15, 0.2) is 0 Å². The third-order valence-electron chi connectivity index (χ3n) is 3.69. The van der Waals surface area contributed by atoms with Crippen LogP contribution in [0.25, 0.3) is 0 Å². The van der Waals surface area contributed by atoms with Gasteiger partial charge in [-0.1, -0.05) is 20.8 Å². The normalized spacial score (nSPS) is 19.3. The molecule has 1 aromatic rings. The Morgan fingerprint density at radius 2 is 2.06 bits per heavy atom. The second kappa shape index (κ2) is 5.41. The number of nitrogens with two attached hydrogens (primary N) is 1. The minimum absolute atomic E-state index is 0.0395. The predicted molar refractivity (Wildman–Crippen MR) is 72.3 cm³/mol.